The molecule has 0 spiro atoms. The molecule has 1 aromatic heterocycles. The summed E-state index contributed by atoms with van der Waals surface area (Å²) in [5.41, 5.74) is 1.34. The van der Waals surface area contributed by atoms with E-state index in [4.69, 9.17) is 16.1 Å². The van der Waals surface area contributed by atoms with E-state index in [0.29, 0.717) is 27.6 Å². The predicted octanol–water partition coefficient (Wildman–Crippen LogP) is 1.68. The summed E-state index contributed by atoms with van der Waals surface area (Å²) in [5, 5.41) is 6.94. The molecule has 134 valence electrons. The average Bonchev–Trinajstić information content (AvgIpc) is 3.11. The van der Waals surface area contributed by atoms with Crippen molar-refractivity contribution in [1.29, 1.82) is 0 Å². The zero-order valence-electron chi connectivity index (χ0n) is 13.9. The van der Waals surface area contributed by atoms with Crippen LogP contribution < -0.4 is 5.32 Å². The Labute approximate surface area is 153 Å². The Balaban J connectivity index is 1.56. The van der Waals surface area contributed by atoms with Gasteiger partial charge in [0.2, 0.25) is 5.91 Å². The van der Waals surface area contributed by atoms with E-state index in [2.05, 4.69) is 10.5 Å². The monoisotopic (exact) mass is 374 g/mol. The van der Waals surface area contributed by atoms with Crippen molar-refractivity contribution in [2.75, 3.05) is 19.6 Å². The number of likely N-dealkylation sites (tertiary alicyclic amines) is 1. The summed E-state index contributed by atoms with van der Waals surface area (Å²) in [6.45, 7) is 2.23. The Kier molecular flexibility index (Phi) is 3.91. The van der Waals surface area contributed by atoms with Gasteiger partial charge in [0.15, 0.2) is 0 Å². The number of carbonyl (C=O) groups excluding carboxylic acids is 3. The quantitative estimate of drug-likeness (QED) is 0.824. The molecule has 0 aliphatic carbocycles. The van der Waals surface area contributed by atoms with Gasteiger partial charge in [-0.1, -0.05) is 35.0 Å². The molecule has 1 aromatic carbocycles. The number of urea groups is 1. The lowest BCUT2D eigenvalue weighted by atomic mass is 10.0. The minimum absolute atomic E-state index is 0.00466. The summed E-state index contributed by atoms with van der Waals surface area (Å²) < 4.78 is 5.22. The molecule has 2 aliphatic rings. The predicted molar refractivity (Wildman–Crippen MR) is 91.6 cm³/mol. The van der Waals surface area contributed by atoms with Gasteiger partial charge in [-0.05, 0) is 13.0 Å². The summed E-state index contributed by atoms with van der Waals surface area (Å²) >= 11 is 6.22. The number of hydrogen-bond acceptors (Lipinski definition) is 5. The van der Waals surface area contributed by atoms with Gasteiger partial charge >= 0.3 is 6.03 Å². The van der Waals surface area contributed by atoms with Gasteiger partial charge in [0.25, 0.3) is 5.91 Å². The minimum atomic E-state index is -0.412. The molecule has 1 N–H and O–H groups in total. The maximum atomic E-state index is 12.9. The lowest BCUT2D eigenvalue weighted by Crippen LogP contribution is -2.62. The molecule has 0 radical (unpaired) electrons. The third-order valence-electron chi connectivity index (χ3n) is 4.60. The van der Waals surface area contributed by atoms with Crippen molar-refractivity contribution < 1.29 is 18.9 Å². The normalized spacial score (nSPS) is 17.5. The number of imide groups is 1. The van der Waals surface area contributed by atoms with Gasteiger partial charge in [-0.15, -0.1) is 0 Å². The number of aromatic nitrogens is 1. The molecule has 2 fully saturated rings. The largest absolute Gasteiger partial charge is 0.360 e. The van der Waals surface area contributed by atoms with Crippen LogP contribution in [0.1, 0.15) is 16.1 Å². The summed E-state index contributed by atoms with van der Waals surface area (Å²) in [6.07, 6.45) is 0. The van der Waals surface area contributed by atoms with E-state index >= 15 is 0 Å². The van der Waals surface area contributed by atoms with E-state index in [1.54, 1.807) is 36.1 Å². The number of nitrogens with zero attached hydrogens (tertiary/aromatic N) is 3. The van der Waals surface area contributed by atoms with E-state index in [-0.39, 0.29) is 37.5 Å². The van der Waals surface area contributed by atoms with Crippen molar-refractivity contribution in [2.45, 2.75) is 13.0 Å². The van der Waals surface area contributed by atoms with Crippen molar-refractivity contribution >= 4 is 29.4 Å². The number of halogens is 1. The molecule has 0 saturated carbocycles. The second-order valence-electron chi connectivity index (χ2n) is 6.23. The Bertz CT molecular complexity index is 903. The van der Waals surface area contributed by atoms with Gasteiger partial charge in [-0.25, -0.2) is 4.79 Å². The lowest BCUT2D eigenvalue weighted by Gasteiger charge is -2.42. The van der Waals surface area contributed by atoms with Crippen LogP contribution >= 0.6 is 11.6 Å². The molecular formula is C17H15ClN4O4. The van der Waals surface area contributed by atoms with Gasteiger partial charge in [0.05, 0.1) is 17.6 Å². The van der Waals surface area contributed by atoms with Crippen LogP contribution in [0.5, 0.6) is 0 Å². The number of hydrogen-bond donors (Lipinski definition) is 1. The van der Waals surface area contributed by atoms with Crippen molar-refractivity contribution in [3.8, 4) is 11.3 Å². The second kappa shape index (κ2) is 6.14. The maximum Gasteiger partial charge on any atom is 0.324 e. The number of benzene rings is 1. The number of rotatable bonds is 3. The number of carbonyl (C=O) groups is 3. The number of amides is 4. The average molecular weight is 375 g/mol. The molecule has 0 bridgehead atoms. The summed E-state index contributed by atoms with van der Waals surface area (Å²) in [7, 11) is 0. The smallest absolute Gasteiger partial charge is 0.324 e. The van der Waals surface area contributed by atoms with Crippen molar-refractivity contribution in [1.82, 2.24) is 20.3 Å². The summed E-state index contributed by atoms with van der Waals surface area (Å²) in [5.74, 6) is -0.143. The molecular weight excluding hydrogens is 360 g/mol. The molecule has 2 aliphatic heterocycles. The van der Waals surface area contributed by atoms with Gasteiger partial charge in [-0.3, -0.25) is 14.5 Å². The second-order valence-corrected chi connectivity index (χ2v) is 6.64. The molecule has 0 unspecified atom stereocenters. The first-order chi connectivity index (χ1) is 12.5. The fraction of sp³-hybridized carbons (Fsp3) is 0.294. The van der Waals surface area contributed by atoms with Gasteiger partial charge < -0.3 is 14.7 Å². The zero-order chi connectivity index (χ0) is 18.4. The van der Waals surface area contributed by atoms with E-state index < -0.39 is 6.03 Å². The third-order valence-corrected chi connectivity index (χ3v) is 4.93. The van der Waals surface area contributed by atoms with Crippen LogP contribution in [-0.4, -0.2) is 58.5 Å². The molecule has 0 atom stereocenters. The fourth-order valence-corrected chi connectivity index (χ4v) is 3.43. The Hall–Kier alpha value is -2.87. The van der Waals surface area contributed by atoms with Crippen LogP contribution in [0.3, 0.4) is 0 Å². The minimum Gasteiger partial charge on any atom is -0.360 e. The van der Waals surface area contributed by atoms with E-state index in [0.717, 1.165) is 0 Å². The first kappa shape index (κ1) is 16.6. The first-order valence-electron chi connectivity index (χ1n) is 8.07. The van der Waals surface area contributed by atoms with Crippen LogP contribution in [-0.2, 0) is 4.79 Å². The van der Waals surface area contributed by atoms with Gasteiger partial charge in [0, 0.05) is 18.7 Å². The SMILES string of the molecule is Cc1onc(-c2ccccc2Cl)c1C(=O)N1CC(N2C(=O)CNC2=O)C1. The molecule has 3 heterocycles. The highest BCUT2D eigenvalue weighted by molar-refractivity contribution is 6.33. The Morgan fingerprint density at radius 1 is 1.31 bits per heavy atom. The Morgan fingerprint density at radius 2 is 2.04 bits per heavy atom. The standard InChI is InChI=1S/C17H15ClN4O4/c1-9-14(15(20-26-9)11-4-2-3-5-12(11)18)16(24)21-7-10(8-21)22-13(23)6-19-17(22)25/h2-5,10H,6-8H2,1H3,(H,19,25). The molecule has 26 heavy (non-hydrogen) atoms. The van der Waals surface area contributed by atoms with Crippen LogP contribution in [0, 0.1) is 6.92 Å². The van der Waals surface area contributed by atoms with Crippen LogP contribution in [0.25, 0.3) is 11.3 Å². The highest BCUT2D eigenvalue weighted by atomic mass is 35.5. The summed E-state index contributed by atoms with van der Waals surface area (Å²) in [4.78, 5) is 39.1. The van der Waals surface area contributed by atoms with Crippen LogP contribution in [0.4, 0.5) is 4.79 Å². The van der Waals surface area contributed by atoms with Crippen molar-refractivity contribution in [3.05, 3.63) is 40.6 Å². The topological polar surface area (TPSA) is 95.8 Å². The molecule has 9 heteroatoms. The van der Waals surface area contributed by atoms with Crippen molar-refractivity contribution in [3.63, 3.8) is 0 Å². The number of nitrogens with one attached hydrogen (secondary N) is 1. The third kappa shape index (κ3) is 2.53. The molecule has 2 saturated heterocycles. The fourth-order valence-electron chi connectivity index (χ4n) is 3.21. The maximum absolute atomic E-state index is 12.9. The van der Waals surface area contributed by atoms with Gasteiger partial charge in [0.1, 0.15) is 17.0 Å². The molecule has 4 rings (SSSR count). The lowest BCUT2D eigenvalue weighted by molar-refractivity contribution is -0.128. The van der Waals surface area contributed by atoms with Gasteiger partial charge in [-0.2, -0.15) is 0 Å². The first-order valence-corrected chi connectivity index (χ1v) is 8.45. The van der Waals surface area contributed by atoms with Crippen LogP contribution in [0.15, 0.2) is 28.8 Å². The molecule has 2 aromatic rings. The van der Waals surface area contributed by atoms with Crippen molar-refractivity contribution in [2.24, 2.45) is 0 Å². The van der Waals surface area contributed by atoms with Crippen LogP contribution in [0.2, 0.25) is 5.02 Å². The highest BCUT2D eigenvalue weighted by Gasteiger charge is 2.44. The Morgan fingerprint density at radius 3 is 2.69 bits per heavy atom. The van der Waals surface area contributed by atoms with E-state index in [1.165, 1.54) is 4.90 Å². The molecule has 8 nitrogen and oxygen atoms in total. The van der Waals surface area contributed by atoms with E-state index in [9.17, 15) is 14.4 Å². The van der Waals surface area contributed by atoms with E-state index in [1.807, 2.05) is 0 Å². The summed E-state index contributed by atoms with van der Waals surface area (Å²) in [6, 6.07) is 6.35. The highest BCUT2D eigenvalue weighted by Crippen LogP contribution is 2.32. The zero-order valence-corrected chi connectivity index (χ0v) is 14.6. The molecule has 4 amide bonds. The number of aryl methyl sites for hydroxylation is 1.